The molecule has 3 nitrogen and oxygen atoms in total. The molecular formula is C15H24N2O. The van der Waals surface area contributed by atoms with E-state index >= 15 is 0 Å². The van der Waals surface area contributed by atoms with E-state index in [-0.39, 0.29) is 0 Å². The number of hydrogen-bond acceptors (Lipinski definition) is 3. The van der Waals surface area contributed by atoms with Crippen LogP contribution in [0, 0.1) is 6.92 Å². The summed E-state index contributed by atoms with van der Waals surface area (Å²) in [4.78, 5) is 2.50. The fraction of sp³-hybridized carbons (Fsp3) is 0.600. The van der Waals surface area contributed by atoms with Crippen LogP contribution in [0.5, 0.6) is 0 Å². The first-order valence-electron chi connectivity index (χ1n) is 6.76. The van der Waals surface area contributed by atoms with E-state index in [4.69, 9.17) is 4.74 Å². The highest BCUT2D eigenvalue weighted by molar-refractivity contribution is 5.24. The standard InChI is InChI=1S/C15H24N2O/c1-12-4-6-14(7-5-12)15(16-3)10-17-8-9-18-11-13(17)2/h4-7,13,15-16H,8-11H2,1-3H3. The van der Waals surface area contributed by atoms with Crippen LogP contribution in [-0.2, 0) is 4.74 Å². The van der Waals surface area contributed by atoms with E-state index in [2.05, 4.69) is 48.3 Å². The van der Waals surface area contributed by atoms with Crippen molar-refractivity contribution < 1.29 is 4.74 Å². The summed E-state index contributed by atoms with van der Waals surface area (Å²) in [5.74, 6) is 0. The van der Waals surface area contributed by atoms with Crippen molar-refractivity contribution in [2.45, 2.75) is 25.9 Å². The molecule has 2 rings (SSSR count). The number of rotatable bonds is 4. The molecule has 0 saturated carbocycles. The first kappa shape index (κ1) is 13.5. The fourth-order valence-corrected chi connectivity index (χ4v) is 2.43. The van der Waals surface area contributed by atoms with Crippen LogP contribution in [0.2, 0.25) is 0 Å². The molecule has 1 heterocycles. The Morgan fingerprint density at radius 3 is 2.72 bits per heavy atom. The van der Waals surface area contributed by atoms with Gasteiger partial charge in [0.1, 0.15) is 0 Å². The molecule has 1 aliphatic rings. The lowest BCUT2D eigenvalue weighted by atomic mass is 10.0. The molecule has 1 fully saturated rings. The van der Waals surface area contributed by atoms with Gasteiger partial charge in [0, 0.05) is 25.2 Å². The van der Waals surface area contributed by atoms with Gasteiger partial charge in [-0.15, -0.1) is 0 Å². The summed E-state index contributed by atoms with van der Waals surface area (Å²) < 4.78 is 5.49. The zero-order valence-electron chi connectivity index (χ0n) is 11.6. The quantitative estimate of drug-likeness (QED) is 0.882. The highest BCUT2D eigenvalue weighted by Crippen LogP contribution is 2.17. The zero-order valence-corrected chi connectivity index (χ0v) is 11.6. The number of ether oxygens (including phenoxy) is 1. The van der Waals surface area contributed by atoms with E-state index in [9.17, 15) is 0 Å². The first-order valence-corrected chi connectivity index (χ1v) is 6.76. The maximum absolute atomic E-state index is 5.49. The Kier molecular flexibility index (Phi) is 4.75. The van der Waals surface area contributed by atoms with Gasteiger partial charge >= 0.3 is 0 Å². The van der Waals surface area contributed by atoms with Crippen LogP contribution in [0.25, 0.3) is 0 Å². The Balaban J connectivity index is 2.02. The van der Waals surface area contributed by atoms with E-state index in [0.29, 0.717) is 12.1 Å². The maximum atomic E-state index is 5.49. The molecule has 1 aliphatic heterocycles. The Labute approximate surface area is 110 Å². The van der Waals surface area contributed by atoms with Crippen molar-refractivity contribution in [2.24, 2.45) is 0 Å². The third-order valence-electron chi connectivity index (χ3n) is 3.75. The van der Waals surface area contributed by atoms with E-state index in [1.54, 1.807) is 0 Å². The molecular weight excluding hydrogens is 224 g/mol. The number of hydrogen-bond donors (Lipinski definition) is 1. The van der Waals surface area contributed by atoms with Gasteiger partial charge in [-0.05, 0) is 26.5 Å². The van der Waals surface area contributed by atoms with Gasteiger partial charge in [-0.25, -0.2) is 0 Å². The SMILES string of the molecule is CNC(CN1CCOCC1C)c1ccc(C)cc1. The van der Waals surface area contributed by atoms with Crippen LogP contribution < -0.4 is 5.32 Å². The minimum Gasteiger partial charge on any atom is -0.379 e. The maximum Gasteiger partial charge on any atom is 0.0619 e. The van der Waals surface area contributed by atoms with Crippen molar-refractivity contribution >= 4 is 0 Å². The molecule has 1 N–H and O–H groups in total. The summed E-state index contributed by atoms with van der Waals surface area (Å²) in [6.45, 7) is 8.15. The predicted octanol–water partition coefficient (Wildman–Crippen LogP) is 1.98. The molecule has 1 saturated heterocycles. The lowest BCUT2D eigenvalue weighted by Crippen LogP contribution is -2.46. The molecule has 0 radical (unpaired) electrons. The topological polar surface area (TPSA) is 24.5 Å². The van der Waals surface area contributed by atoms with Gasteiger partial charge in [0.2, 0.25) is 0 Å². The lowest BCUT2D eigenvalue weighted by molar-refractivity contribution is -0.00416. The minimum atomic E-state index is 0.395. The third kappa shape index (κ3) is 3.31. The second-order valence-electron chi connectivity index (χ2n) is 5.17. The van der Waals surface area contributed by atoms with Gasteiger partial charge in [0.15, 0.2) is 0 Å². The van der Waals surface area contributed by atoms with Gasteiger partial charge < -0.3 is 10.1 Å². The van der Waals surface area contributed by atoms with Gasteiger partial charge in [-0.3, -0.25) is 4.90 Å². The summed E-state index contributed by atoms with van der Waals surface area (Å²) in [5.41, 5.74) is 2.68. The number of nitrogens with zero attached hydrogens (tertiary/aromatic N) is 1. The summed E-state index contributed by atoms with van der Waals surface area (Å²) in [7, 11) is 2.04. The highest BCUT2D eigenvalue weighted by atomic mass is 16.5. The second-order valence-corrected chi connectivity index (χ2v) is 5.17. The van der Waals surface area contributed by atoms with Crippen molar-refractivity contribution in [3.05, 3.63) is 35.4 Å². The average molecular weight is 248 g/mol. The van der Waals surface area contributed by atoms with Crippen LogP contribution in [0.1, 0.15) is 24.1 Å². The number of benzene rings is 1. The van der Waals surface area contributed by atoms with E-state index < -0.39 is 0 Å². The molecule has 0 aliphatic carbocycles. The summed E-state index contributed by atoms with van der Waals surface area (Å²) in [6.07, 6.45) is 0. The van der Waals surface area contributed by atoms with Crippen molar-refractivity contribution in [2.75, 3.05) is 33.4 Å². The summed E-state index contributed by atoms with van der Waals surface area (Å²) in [6, 6.07) is 9.72. The van der Waals surface area contributed by atoms with Crippen molar-refractivity contribution in [3.63, 3.8) is 0 Å². The van der Waals surface area contributed by atoms with Crippen molar-refractivity contribution in [1.82, 2.24) is 10.2 Å². The lowest BCUT2D eigenvalue weighted by Gasteiger charge is -2.35. The van der Waals surface area contributed by atoms with Crippen LogP contribution in [-0.4, -0.2) is 44.3 Å². The van der Waals surface area contributed by atoms with Crippen molar-refractivity contribution in [3.8, 4) is 0 Å². The predicted molar refractivity (Wildman–Crippen MR) is 74.8 cm³/mol. The Hall–Kier alpha value is -0.900. The van der Waals surface area contributed by atoms with Gasteiger partial charge in [0.25, 0.3) is 0 Å². The van der Waals surface area contributed by atoms with Gasteiger partial charge in [-0.1, -0.05) is 29.8 Å². The van der Waals surface area contributed by atoms with E-state index in [1.807, 2.05) is 7.05 Å². The molecule has 1 aromatic rings. The van der Waals surface area contributed by atoms with Crippen LogP contribution in [0.4, 0.5) is 0 Å². The summed E-state index contributed by atoms with van der Waals surface area (Å²) in [5, 5.41) is 3.42. The number of nitrogens with one attached hydrogen (secondary N) is 1. The van der Waals surface area contributed by atoms with Gasteiger partial charge in [0.05, 0.1) is 13.2 Å². The highest BCUT2D eigenvalue weighted by Gasteiger charge is 2.22. The molecule has 3 heteroatoms. The summed E-state index contributed by atoms with van der Waals surface area (Å²) >= 11 is 0. The van der Waals surface area contributed by atoms with Gasteiger partial charge in [-0.2, -0.15) is 0 Å². The number of likely N-dealkylation sites (N-methyl/N-ethyl adjacent to an activating group) is 1. The monoisotopic (exact) mass is 248 g/mol. The Morgan fingerprint density at radius 2 is 2.11 bits per heavy atom. The fourth-order valence-electron chi connectivity index (χ4n) is 2.43. The van der Waals surface area contributed by atoms with Crippen LogP contribution in [0.3, 0.4) is 0 Å². The third-order valence-corrected chi connectivity index (χ3v) is 3.75. The smallest absolute Gasteiger partial charge is 0.0619 e. The molecule has 2 atom stereocenters. The average Bonchev–Trinajstić information content (AvgIpc) is 2.39. The molecule has 1 aromatic carbocycles. The zero-order chi connectivity index (χ0) is 13.0. The van der Waals surface area contributed by atoms with E-state index in [1.165, 1.54) is 11.1 Å². The Morgan fingerprint density at radius 1 is 1.39 bits per heavy atom. The first-order chi connectivity index (χ1) is 8.70. The molecule has 0 aromatic heterocycles. The minimum absolute atomic E-state index is 0.395. The molecule has 0 bridgehead atoms. The molecule has 100 valence electrons. The Bertz CT molecular complexity index is 363. The largest absolute Gasteiger partial charge is 0.379 e. The molecule has 0 spiro atoms. The second kappa shape index (κ2) is 6.32. The normalized spacial score (nSPS) is 22.9. The number of morpholine rings is 1. The van der Waals surface area contributed by atoms with Crippen LogP contribution in [0.15, 0.2) is 24.3 Å². The number of aryl methyl sites for hydroxylation is 1. The van der Waals surface area contributed by atoms with E-state index in [0.717, 1.165) is 26.3 Å². The molecule has 0 amide bonds. The molecule has 18 heavy (non-hydrogen) atoms. The van der Waals surface area contributed by atoms with Crippen LogP contribution >= 0.6 is 0 Å². The van der Waals surface area contributed by atoms with Crippen molar-refractivity contribution in [1.29, 1.82) is 0 Å². The molecule has 2 unspecified atom stereocenters.